The summed E-state index contributed by atoms with van der Waals surface area (Å²) >= 11 is 0. The van der Waals surface area contributed by atoms with Gasteiger partial charge in [-0.2, -0.15) is 0 Å². The second-order valence-corrected chi connectivity index (χ2v) is 9.39. The third-order valence-corrected chi connectivity index (χ3v) is 7.18. The third kappa shape index (κ3) is 4.25. The summed E-state index contributed by atoms with van der Waals surface area (Å²) in [4.78, 5) is 12.5. The van der Waals surface area contributed by atoms with Crippen molar-refractivity contribution in [3.63, 3.8) is 0 Å². The summed E-state index contributed by atoms with van der Waals surface area (Å²) in [7, 11) is -3.69. The Morgan fingerprint density at radius 3 is 2.74 bits per heavy atom. The monoisotopic (exact) mass is 388 g/mol. The number of amides is 1. The normalized spacial score (nSPS) is 24.2. The van der Waals surface area contributed by atoms with E-state index in [-0.39, 0.29) is 17.3 Å². The summed E-state index contributed by atoms with van der Waals surface area (Å²) in [5.41, 5.74) is 0.504. The van der Waals surface area contributed by atoms with Gasteiger partial charge in [-0.15, -0.1) is 0 Å². The number of hydrogen-bond donors (Lipinski definition) is 2. The summed E-state index contributed by atoms with van der Waals surface area (Å²) in [5, 5.41) is 2.86. The third-order valence-electron chi connectivity index (χ3n) is 5.78. The molecule has 2 aromatic rings. The maximum Gasteiger partial charge on any atom is 0.241 e. The smallest absolute Gasteiger partial charge is 0.241 e. The van der Waals surface area contributed by atoms with Crippen LogP contribution in [0.2, 0.25) is 0 Å². The minimum absolute atomic E-state index is 0.0364. The van der Waals surface area contributed by atoms with E-state index in [0.717, 1.165) is 12.3 Å². The Morgan fingerprint density at radius 2 is 2.04 bits per heavy atom. The molecule has 2 bridgehead atoms. The molecule has 2 aliphatic carbocycles. The number of benzene rings is 1. The number of rotatable bonds is 7. The van der Waals surface area contributed by atoms with Gasteiger partial charge in [-0.05, 0) is 67.3 Å². The van der Waals surface area contributed by atoms with Crippen molar-refractivity contribution >= 4 is 21.6 Å². The lowest BCUT2D eigenvalue weighted by molar-refractivity contribution is -0.117. The number of carbonyl (C=O) groups is 1. The van der Waals surface area contributed by atoms with Crippen molar-refractivity contribution in [2.45, 2.75) is 43.5 Å². The fourth-order valence-corrected chi connectivity index (χ4v) is 5.52. The van der Waals surface area contributed by atoms with Gasteiger partial charge in [-0.3, -0.25) is 4.79 Å². The van der Waals surface area contributed by atoms with Crippen LogP contribution in [0.3, 0.4) is 0 Å². The first kappa shape index (κ1) is 18.3. The lowest BCUT2D eigenvalue weighted by Crippen LogP contribution is -2.23. The van der Waals surface area contributed by atoms with Crippen LogP contribution in [-0.4, -0.2) is 14.3 Å². The van der Waals surface area contributed by atoms with Crippen LogP contribution in [0.1, 0.15) is 37.9 Å². The number of sulfonamides is 1. The van der Waals surface area contributed by atoms with E-state index in [2.05, 4.69) is 10.0 Å². The molecule has 0 saturated heterocycles. The van der Waals surface area contributed by atoms with Crippen molar-refractivity contribution < 1.29 is 17.6 Å². The highest BCUT2D eigenvalue weighted by atomic mass is 32.2. The Kier molecular flexibility index (Phi) is 5.06. The largest absolute Gasteiger partial charge is 0.468 e. The van der Waals surface area contributed by atoms with Crippen LogP contribution in [-0.2, 0) is 21.4 Å². The highest BCUT2D eigenvalue weighted by Crippen LogP contribution is 2.49. The van der Waals surface area contributed by atoms with Crippen molar-refractivity contribution in [2.24, 2.45) is 17.8 Å². The standard InChI is InChI=1S/C20H24N2O4S/c23-20(11-16-10-14-6-7-15(16)9-14)22-17-3-1-5-19(12-17)27(24,25)21-13-18-4-2-8-26-18/h1-5,8,12,14-16,21H,6-7,9-11,13H2,(H,22,23). The zero-order valence-corrected chi connectivity index (χ0v) is 15.9. The Bertz CT molecular complexity index is 908. The van der Waals surface area contributed by atoms with E-state index < -0.39 is 10.0 Å². The quantitative estimate of drug-likeness (QED) is 0.759. The van der Waals surface area contributed by atoms with Crippen LogP contribution in [0, 0.1) is 17.8 Å². The van der Waals surface area contributed by atoms with E-state index in [9.17, 15) is 13.2 Å². The zero-order valence-electron chi connectivity index (χ0n) is 15.1. The number of anilines is 1. The molecule has 2 aliphatic rings. The van der Waals surface area contributed by atoms with E-state index in [0.29, 0.717) is 29.7 Å². The van der Waals surface area contributed by atoms with E-state index in [4.69, 9.17) is 4.42 Å². The average molecular weight is 388 g/mol. The molecule has 0 aliphatic heterocycles. The molecule has 2 saturated carbocycles. The first-order valence-electron chi connectivity index (χ1n) is 9.41. The van der Waals surface area contributed by atoms with Gasteiger partial charge in [0, 0.05) is 12.1 Å². The molecule has 1 aromatic heterocycles. The summed E-state index contributed by atoms with van der Waals surface area (Å²) in [6.07, 6.45) is 7.01. The Balaban J connectivity index is 1.37. The predicted octanol–water partition coefficient (Wildman–Crippen LogP) is 3.52. The number of nitrogens with one attached hydrogen (secondary N) is 2. The molecule has 0 radical (unpaired) electrons. The van der Waals surface area contributed by atoms with Crippen LogP contribution in [0.5, 0.6) is 0 Å². The topological polar surface area (TPSA) is 88.4 Å². The van der Waals surface area contributed by atoms with E-state index in [1.54, 1.807) is 24.3 Å². The number of carbonyl (C=O) groups excluding carboxylic acids is 1. The molecular weight excluding hydrogens is 364 g/mol. The van der Waals surface area contributed by atoms with Gasteiger partial charge in [0.05, 0.1) is 17.7 Å². The lowest BCUT2D eigenvalue weighted by Gasteiger charge is -2.21. The Hall–Kier alpha value is -2.12. The fraction of sp³-hybridized carbons (Fsp3) is 0.450. The SMILES string of the molecule is O=C(CC1CC2CCC1C2)Nc1cccc(S(=O)(=O)NCc2ccco2)c1. The van der Waals surface area contributed by atoms with Crippen molar-refractivity contribution in [3.05, 3.63) is 48.4 Å². The van der Waals surface area contributed by atoms with Crippen LogP contribution in [0.25, 0.3) is 0 Å². The molecule has 1 aromatic carbocycles. The molecule has 2 N–H and O–H groups in total. The molecule has 1 amide bonds. The van der Waals surface area contributed by atoms with Gasteiger partial charge < -0.3 is 9.73 Å². The zero-order chi connectivity index (χ0) is 18.9. The first-order valence-corrected chi connectivity index (χ1v) is 10.9. The van der Waals surface area contributed by atoms with Crippen LogP contribution in [0.15, 0.2) is 52.0 Å². The summed E-state index contributed by atoms with van der Waals surface area (Å²) in [6.45, 7) is 0.0795. The van der Waals surface area contributed by atoms with E-state index in [1.807, 2.05) is 0 Å². The van der Waals surface area contributed by atoms with Gasteiger partial charge in [0.1, 0.15) is 5.76 Å². The van der Waals surface area contributed by atoms with Gasteiger partial charge in [-0.25, -0.2) is 13.1 Å². The van der Waals surface area contributed by atoms with Gasteiger partial charge in [0.2, 0.25) is 15.9 Å². The second-order valence-electron chi connectivity index (χ2n) is 7.62. The Labute approximate surface area is 159 Å². The maximum absolute atomic E-state index is 12.5. The first-order chi connectivity index (χ1) is 13.0. The number of fused-ring (bicyclic) bond motifs is 2. The molecule has 144 valence electrons. The maximum atomic E-state index is 12.5. The van der Waals surface area contributed by atoms with Gasteiger partial charge in [0.15, 0.2) is 0 Å². The molecular formula is C20H24N2O4S. The lowest BCUT2D eigenvalue weighted by atomic mass is 9.86. The molecule has 6 nitrogen and oxygen atoms in total. The summed E-state index contributed by atoms with van der Waals surface area (Å²) in [5.74, 6) is 2.48. The van der Waals surface area contributed by atoms with Crippen molar-refractivity contribution in [1.82, 2.24) is 4.72 Å². The number of furan rings is 1. The van der Waals surface area contributed by atoms with Crippen molar-refractivity contribution in [1.29, 1.82) is 0 Å². The van der Waals surface area contributed by atoms with Crippen LogP contribution in [0.4, 0.5) is 5.69 Å². The molecule has 1 heterocycles. The molecule has 3 atom stereocenters. The van der Waals surface area contributed by atoms with Gasteiger partial charge in [0.25, 0.3) is 0 Å². The minimum Gasteiger partial charge on any atom is -0.468 e. The van der Waals surface area contributed by atoms with Crippen molar-refractivity contribution in [2.75, 3.05) is 5.32 Å². The second kappa shape index (κ2) is 7.48. The number of hydrogen-bond acceptors (Lipinski definition) is 4. The van der Waals surface area contributed by atoms with E-state index >= 15 is 0 Å². The van der Waals surface area contributed by atoms with Crippen LogP contribution < -0.4 is 10.0 Å². The van der Waals surface area contributed by atoms with Crippen LogP contribution >= 0.6 is 0 Å². The minimum atomic E-state index is -3.69. The van der Waals surface area contributed by atoms with Gasteiger partial charge >= 0.3 is 0 Å². The predicted molar refractivity (Wildman–Crippen MR) is 101 cm³/mol. The summed E-state index contributed by atoms with van der Waals surface area (Å²) in [6, 6.07) is 9.75. The Morgan fingerprint density at radius 1 is 1.15 bits per heavy atom. The molecule has 0 spiro atoms. The summed E-state index contributed by atoms with van der Waals surface area (Å²) < 4.78 is 32.6. The molecule has 2 fully saturated rings. The fourth-order valence-electron chi connectivity index (χ4n) is 4.48. The molecule has 3 unspecified atom stereocenters. The highest BCUT2D eigenvalue weighted by molar-refractivity contribution is 7.89. The van der Waals surface area contributed by atoms with Crippen molar-refractivity contribution in [3.8, 4) is 0 Å². The molecule has 7 heteroatoms. The van der Waals surface area contributed by atoms with Gasteiger partial charge in [-0.1, -0.05) is 12.5 Å². The highest BCUT2D eigenvalue weighted by Gasteiger charge is 2.40. The molecule has 4 rings (SSSR count). The molecule has 27 heavy (non-hydrogen) atoms. The average Bonchev–Trinajstić information content (AvgIpc) is 3.38. The van der Waals surface area contributed by atoms with E-state index in [1.165, 1.54) is 37.7 Å².